The molecule has 0 spiro atoms. The lowest BCUT2D eigenvalue weighted by Gasteiger charge is -2.17. The molecule has 2 aliphatic heterocycles. The molecular formula is C38H39N11O2. The molecule has 0 bridgehead atoms. The normalized spacial score (nSPS) is 16.5. The number of carbonyl (C=O) groups excluding carboxylic acids is 2. The van der Waals surface area contributed by atoms with Gasteiger partial charge in [0.15, 0.2) is 0 Å². The number of H-pyrrole nitrogens is 3. The van der Waals surface area contributed by atoms with Crippen molar-refractivity contribution in [1.29, 1.82) is 0 Å². The van der Waals surface area contributed by atoms with Gasteiger partial charge in [-0.2, -0.15) is 15.4 Å². The van der Waals surface area contributed by atoms with E-state index in [4.69, 9.17) is 11.5 Å². The standard InChI is InChI=1S/C19H18N6O.C19H21N5O/c1-25(2)9-16-17(10-5-3-4-6-13(10)20-16)18-11-7-14-15(23-24-22-14)8-12(11)19(26)21-18;1-24(2)9-16-17(10-5-3-4-6-15(10)22-16)18-11-7-13(20)14(21)8-12(11)19(25)23-18/h3-8,18,20H,9H2,1-2H3,(H,21,26)(H,22,23,24);3-8,18,22H,9,20-21H2,1-2H3,(H,23,25). The van der Waals surface area contributed by atoms with Crippen molar-refractivity contribution in [3.05, 3.63) is 118 Å². The zero-order valence-electron chi connectivity index (χ0n) is 28.8. The molecule has 2 aliphatic rings. The molecule has 9 rings (SSSR count). The summed E-state index contributed by atoms with van der Waals surface area (Å²) >= 11 is 0. The highest BCUT2D eigenvalue weighted by molar-refractivity contribution is 6.04. The van der Waals surface area contributed by atoms with Gasteiger partial charge in [-0.15, -0.1) is 0 Å². The van der Waals surface area contributed by atoms with Gasteiger partial charge in [0, 0.05) is 68.5 Å². The number of aromatic nitrogens is 5. The monoisotopic (exact) mass is 681 g/mol. The van der Waals surface area contributed by atoms with E-state index in [2.05, 4.69) is 64.0 Å². The molecule has 4 aromatic carbocycles. The van der Waals surface area contributed by atoms with Crippen molar-refractivity contribution in [1.82, 2.24) is 45.8 Å². The van der Waals surface area contributed by atoms with Crippen LogP contribution in [0.15, 0.2) is 72.8 Å². The van der Waals surface area contributed by atoms with Crippen molar-refractivity contribution in [2.75, 3.05) is 39.7 Å². The Morgan fingerprint density at radius 1 is 0.627 bits per heavy atom. The van der Waals surface area contributed by atoms with E-state index in [1.54, 1.807) is 6.07 Å². The largest absolute Gasteiger partial charge is 0.397 e. The van der Waals surface area contributed by atoms with Crippen LogP contribution in [0.2, 0.25) is 0 Å². The van der Waals surface area contributed by atoms with Crippen LogP contribution in [0.5, 0.6) is 0 Å². The van der Waals surface area contributed by atoms with Crippen LogP contribution in [0.3, 0.4) is 0 Å². The zero-order valence-corrected chi connectivity index (χ0v) is 28.8. The Hall–Kier alpha value is -6.18. The number of rotatable bonds is 6. The number of anilines is 2. The Morgan fingerprint density at radius 2 is 1.08 bits per heavy atom. The summed E-state index contributed by atoms with van der Waals surface area (Å²) in [6.45, 7) is 1.51. The lowest BCUT2D eigenvalue weighted by Crippen LogP contribution is -2.22. The maximum absolute atomic E-state index is 12.6. The topological polar surface area (TPSA) is 190 Å². The van der Waals surface area contributed by atoms with Gasteiger partial charge >= 0.3 is 0 Å². The lowest BCUT2D eigenvalue weighted by molar-refractivity contribution is 0.0952. The fourth-order valence-corrected chi connectivity index (χ4v) is 7.44. The fourth-order valence-electron chi connectivity index (χ4n) is 7.44. The molecular weight excluding hydrogens is 642 g/mol. The lowest BCUT2D eigenvalue weighted by atomic mass is 9.95. The van der Waals surface area contributed by atoms with Gasteiger partial charge in [-0.05, 0) is 75.7 Å². The zero-order chi connectivity index (χ0) is 35.6. The number of hydrogen-bond donors (Lipinski definition) is 7. The van der Waals surface area contributed by atoms with Gasteiger partial charge in [-0.1, -0.05) is 36.4 Å². The predicted molar refractivity (Wildman–Crippen MR) is 199 cm³/mol. The number of nitrogen functional groups attached to an aromatic ring is 2. The molecule has 2 unspecified atom stereocenters. The van der Waals surface area contributed by atoms with Crippen LogP contribution in [0.4, 0.5) is 11.4 Å². The highest BCUT2D eigenvalue weighted by Crippen LogP contribution is 2.40. The van der Waals surface area contributed by atoms with Crippen molar-refractivity contribution in [2.45, 2.75) is 25.2 Å². The average molecular weight is 682 g/mol. The van der Waals surface area contributed by atoms with Crippen LogP contribution in [0.1, 0.15) is 66.4 Å². The Bertz CT molecular complexity index is 2490. The number of nitrogens with zero attached hydrogens (tertiary/aromatic N) is 4. The number of para-hydroxylation sites is 2. The van der Waals surface area contributed by atoms with Gasteiger partial charge in [-0.25, -0.2) is 0 Å². The van der Waals surface area contributed by atoms with E-state index in [1.807, 2.05) is 76.7 Å². The maximum atomic E-state index is 12.6. The van der Waals surface area contributed by atoms with E-state index in [0.717, 1.165) is 74.1 Å². The Labute approximate surface area is 293 Å². The van der Waals surface area contributed by atoms with Crippen LogP contribution in [-0.2, 0) is 13.1 Å². The number of hydrogen-bond acceptors (Lipinski definition) is 8. The van der Waals surface area contributed by atoms with Crippen LogP contribution in [0.25, 0.3) is 32.8 Å². The molecule has 51 heavy (non-hydrogen) atoms. The second kappa shape index (κ2) is 12.3. The van der Waals surface area contributed by atoms with Gasteiger partial charge < -0.3 is 41.9 Å². The third-order valence-electron chi connectivity index (χ3n) is 9.59. The van der Waals surface area contributed by atoms with E-state index in [1.165, 1.54) is 0 Å². The summed E-state index contributed by atoms with van der Waals surface area (Å²) in [6, 6.07) is 23.1. The van der Waals surface area contributed by atoms with Crippen LogP contribution in [0, 0.1) is 0 Å². The molecule has 2 atom stereocenters. The Kier molecular flexibility index (Phi) is 7.73. The number of fused-ring (bicyclic) bond motifs is 5. The van der Waals surface area contributed by atoms with E-state index in [9.17, 15) is 9.59 Å². The van der Waals surface area contributed by atoms with Crippen molar-refractivity contribution in [3.8, 4) is 0 Å². The maximum Gasteiger partial charge on any atom is 0.252 e. The van der Waals surface area contributed by atoms with E-state index < -0.39 is 0 Å². The molecule has 0 saturated carbocycles. The van der Waals surface area contributed by atoms with Crippen LogP contribution < -0.4 is 22.1 Å². The first-order valence-corrected chi connectivity index (χ1v) is 16.7. The summed E-state index contributed by atoms with van der Waals surface area (Å²) in [5.74, 6) is -0.191. The first-order chi connectivity index (χ1) is 24.6. The molecule has 0 aliphatic carbocycles. The van der Waals surface area contributed by atoms with E-state index in [-0.39, 0.29) is 23.9 Å². The number of nitrogens with two attached hydrogens (primary N) is 2. The first kappa shape index (κ1) is 32.0. The molecule has 2 amide bonds. The minimum atomic E-state index is -0.239. The summed E-state index contributed by atoms with van der Waals surface area (Å²) in [7, 11) is 8.12. The summed E-state index contributed by atoms with van der Waals surface area (Å²) in [5.41, 5.74) is 23.9. The molecule has 9 N–H and O–H groups in total. The third kappa shape index (κ3) is 5.52. The molecule has 0 saturated heterocycles. The quantitative estimate of drug-likeness (QED) is 0.124. The molecule has 7 aromatic rings. The van der Waals surface area contributed by atoms with Gasteiger partial charge in [0.05, 0.1) is 23.5 Å². The fraction of sp³-hybridized carbons (Fsp3) is 0.211. The number of aromatic amines is 3. The third-order valence-corrected chi connectivity index (χ3v) is 9.59. The van der Waals surface area contributed by atoms with Crippen molar-refractivity contribution < 1.29 is 9.59 Å². The number of benzene rings is 4. The Morgan fingerprint density at radius 3 is 1.61 bits per heavy atom. The highest BCUT2D eigenvalue weighted by Gasteiger charge is 2.35. The summed E-state index contributed by atoms with van der Waals surface area (Å²) in [4.78, 5) is 36.3. The summed E-state index contributed by atoms with van der Waals surface area (Å²) in [6.07, 6.45) is 0. The number of carbonyl (C=O) groups is 2. The van der Waals surface area contributed by atoms with Crippen LogP contribution >= 0.6 is 0 Å². The molecule has 3 aromatic heterocycles. The van der Waals surface area contributed by atoms with Crippen LogP contribution in [-0.4, -0.2) is 75.2 Å². The minimum Gasteiger partial charge on any atom is -0.397 e. The second-order valence-electron chi connectivity index (χ2n) is 13.7. The first-order valence-electron chi connectivity index (χ1n) is 16.7. The highest BCUT2D eigenvalue weighted by atomic mass is 16.2. The summed E-state index contributed by atoms with van der Waals surface area (Å²) < 4.78 is 0. The predicted octanol–water partition coefficient (Wildman–Crippen LogP) is 4.56. The van der Waals surface area contributed by atoms with Crippen molar-refractivity contribution in [2.24, 2.45) is 0 Å². The molecule has 5 heterocycles. The van der Waals surface area contributed by atoms with Gasteiger partial charge in [-0.3, -0.25) is 9.59 Å². The van der Waals surface area contributed by atoms with E-state index >= 15 is 0 Å². The molecule has 258 valence electrons. The molecule has 13 nitrogen and oxygen atoms in total. The molecule has 13 heteroatoms. The second-order valence-corrected chi connectivity index (χ2v) is 13.7. The number of nitrogens with one attached hydrogen (secondary N) is 5. The molecule has 0 radical (unpaired) electrons. The molecule has 0 fully saturated rings. The SMILES string of the molecule is CN(C)Cc1[nH]c2ccccc2c1C1NC(=O)c2cc(N)c(N)cc21.CN(C)Cc1[nH]c2ccccc2c1C1NC(=O)c2cc3n[nH]nc3cc21. The summed E-state index contributed by atoms with van der Waals surface area (Å²) in [5, 5.41) is 19.4. The Balaban J connectivity index is 0.000000147. The van der Waals surface area contributed by atoms with Gasteiger partial charge in [0.2, 0.25) is 0 Å². The minimum absolute atomic E-state index is 0.0732. The van der Waals surface area contributed by atoms with E-state index in [0.29, 0.717) is 28.0 Å². The van der Waals surface area contributed by atoms with Crippen molar-refractivity contribution >= 4 is 56.0 Å². The number of amides is 2. The average Bonchev–Trinajstić information content (AvgIpc) is 3.90. The van der Waals surface area contributed by atoms with Gasteiger partial charge in [0.1, 0.15) is 11.0 Å². The van der Waals surface area contributed by atoms with Crippen molar-refractivity contribution in [3.63, 3.8) is 0 Å². The van der Waals surface area contributed by atoms with Gasteiger partial charge in [0.25, 0.3) is 11.8 Å². The smallest absolute Gasteiger partial charge is 0.252 e.